The van der Waals surface area contributed by atoms with Crippen molar-refractivity contribution in [3.63, 3.8) is 0 Å². The lowest BCUT2D eigenvalue weighted by molar-refractivity contribution is -0.111. The van der Waals surface area contributed by atoms with Gasteiger partial charge in [-0.15, -0.1) is 0 Å². The van der Waals surface area contributed by atoms with E-state index in [0.29, 0.717) is 0 Å². The molecule has 0 aromatic carbocycles. The van der Waals surface area contributed by atoms with Crippen molar-refractivity contribution in [3.8, 4) is 0 Å². The third kappa shape index (κ3) is 4.17. The molecular weight excluding hydrogens is 195 g/mol. The summed E-state index contributed by atoms with van der Waals surface area (Å²) < 4.78 is 12.6. The summed E-state index contributed by atoms with van der Waals surface area (Å²) in [6, 6.07) is 4.21. The van der Waals surface area contributed by atoms with Crippen molar-refractivity contribution in [2.45, 2.75) is 6.92 Å². The normalized spacial score (nSPS) is 11.1. The molecule has 0 fully saturated rings. The van der Waals surface area contributed by atoms with Gasteiger partial charge in [-0.1, -0.05) is 24.3 Å². The molecule has 15 heavy (non-hydrogen) atoms. The third-order valence-electron chi connectivity index (χ3n) is 1.52. The van der Waals surface area contributed by atoms with Gasteiger partial charge in [0, 0.05) is 6.08 Å². The third-order valence-corrected chi connectivity index (χ3v) is 1.52. The topological polar surface area (TPSA) is 42.0 Å². The molecule has 0 saturated heterocycles. The molecule has 0 aliphatic rings. The van der Waals surface area contributed by atoms with Crippen molar-refractivity contribution in [2.24, 2.45) is 0 Å². The highest BCUT2D eigenvalue weighted by atomic mass is 19.1. The molecule has 1 heterocycles. The lowest BCUT2D eigenvalue weighted by Crippen LogP contribution is -2.09. The second kappa shape index (κ2) is 5.70. The summed E-state index contributed by atoms with van der Waals surface area (Å²) in [5.74, 6) is -0.762. The van der Waals surface area contributed by atoms with Crippen molar-refractivity contribution < 1.29 is 9.18 Å². The molecule has 0 saturated carbocycles. The van der Waals surface area contributed by atoms with Crippen LogP contribution in [0.25, 0.3) is 0 Å². The fourth-order valence-electron chi connectivity index (χ4n) is 0.900. The van der Waals surface area contributed by atoms with Crippen molar-refractivity contribution in [1.29, 1.82) is 0 Å². The molecule has 0 bridgehead atoms. The summed E-state index contributed by atoms with van der Waals surface area (Å²) in [4.78, 5) is 14.7. The van der Waals surface area contributed by atoms with E-state index in [0.717, 1.165) is 0 Å². The predicted molar refractivity (Wildman–Crippen MR) is 56.8 cm³/mol. The average molecular weight is 206 g/mol. The molecular formula is C11H11FN2O. The van der Waals surface area contributed by atoms with Crippen LogP contribution in [0.2, 0.25) is 0 Å². The zero-order valence-corrected chi connectivity index (χ0v) is 8.27. The number of rotatable bonds is 3. The van der Waals surface area contributed by atoms with Crippen molar-refractivity contribution in [1.82, 2.24) is 4.98 Å². The SMILES string of the molecule is C/C=C/C=C/C(=O)Nc1cccc(F)n1. The molecule has 0 spiro atoms. The number of anilines is 1. The molecule has 4 heteroatoms. The number of amides is 1. The zero-order valence-electron chi connectivity index (χ0n) is 8.27. The maximum absolute atomic E-state index is 12.6. The van der Waals surface area contributed by atoms with E-state index >= 15 is 0 Å². The molecule has 0 aliphatic carbocycles. The number of nitrogens with one attached hydrogen (secondary N) is 1. The predicted octanol–water partition coefficient (Wildman–Crippen LogP) is 2.29. The molecule has 0 unspecified atom stereocenters. The summed E-state index contributed by atoms with van der Waals surface area (Å²) in [5.41, 5.74) is 0. The summed E-state index contributed by atoms with van der Waals surface area (Å²) in [6.45, 7) is 1.84. The van der Waals surface area contributed by atoms with Gasteiger partial charge in [-0.25, -0.2) is 4.98 Å². The highest BCUT2D eigenvalue weighted by molar-refractivity contribution is 5.98. The number of carbonyl (C=O) groups is 1. The van der Waals surface area contributed by atoms with Crippen LogP contribution in [0.1, 0.15) is 6.92 Å². The van der Waals surface area contributed by atoms with E-state index < -0.39 is 5.95 Å². The van der Waals surface area contributed by atoms with Gasteiger partial charge in [0.25, 0.3) is 0 Å². The van der Waals surface area contributed by atoms with Gasteiger partial charge in [0.05, 0.1) is 0 Å². The van der Waals surface area contributed by atoms with Gasteiger partial charge in [0.15, 0.2) is 0 Å². The van der Waals surface area contributed by atoms with E-state index in [4.69, 9.17) is 0 Å². The lowest BCUT2D eigenvalue weighted by Gasteiger charge is -1.99. The number of allylic oxidation sites excluding steroid dienone is 3. The number of hydrogen-bond acceptors (Lipinski definition) is 2. The Balaban J connectivity index is 2.59. The van der Waals surface area contributed by atoms with Gasteiger partial charge < -0.3 is 5.32 Å². The first-order chi connectivity index (χ1) is 7.22. The molecule has 1 rings (SSSR count). The van der Waals surface area contributed by atoms with Crippen LogP contribution in [0.4, 0.5) is 10.2 Å². The number of aromatic nitrogens is 1. The van der Waals surface area contributed by atoms with Gasteiger partial charge in [-0.3, -0.25) is 4.79 Å². The van der Waals surface area contributed by atoms with Gasteiger partial charge >= 0.3 is 0 Å². The number of nitrogens with zero attached hydrogens (tertiary/aromatic N) is 1. The molecule has 0 atom stereocenters. The molecule has 1 aromatic rings. The first-order valence-electron chi connectivity index (χ1n) is 4.45. The number of halogens is 1. The van der Waals surface area contributed by atoms with Gasteiger partial charge in [-0.2, -0.15) is 4.39 Å². The monoisotopic (exact) mass is 206 g/mol. The highest BCUT2D eigenvalue weighted by Gasteiger charge is 1.99. The highest BCUT2D eigenvalue weighted by Crippen LogP contribution is 2.03. The Morgan fingerprint density at radius 2 is 2.27 bits per heavy atom. The first kappa shape index (κ1) is 11.1. The Kier molecular flexibility index (Phi) is 4.22. The van der Waals surface area contributed by atoms with Gasteiger partial charge in [0.1, 0.15) is 5.82 Å². The van der Waals surface area contributed by atoms with Crippen molar-refractivity contribution >= 4 is 11.7 Å². The van der Waals surface area contributed by atoms with Crippen LogP contribution in [-0.4, -0.2) is 10.9 Å². The van der Waals surface area contributed by atoms with Gasteiger partial charge in [0.2, 0.25) is 11.9 Å². The maximum atomic E-state index is 12.6. The lowest BCUT2D eigenvalue weighted by atomic mass is 10.4. The van der Waals surface area contributed by atoms with E-state index in [2.05, 4.69) is 10.3 Å². The summed E-state index contributed by atoms with van der Waals surface area (Å²) in [6.07, 6.45) is 6.45. The average Bonchev–Trinajstić information content (AvgIpc) is 2.18. The fraction of sp³-hybridized carbons (Fsp3) is 0.0909. The van der Waals surface area contributed by atoms with E-state index in [1.54, 1.807) is 18.2 Å². The summed E-state index contributed by atoms with van der Waals surface area (Å²) in [7, 11) is 0. The Morgan fingerprint density at radius 3 is 2.93 bits per heavy atom. The number of pyridine rings is 1. The van der Waals surface area contributed by atoms with Crippen LogP contribution in [0.15, 0.2) is 42.5 Å². The molecule has 0 radical (unpaired) electrons. The molecule has 1 aromatic heterocycles. The number of hydrogen-bond donors (Lipinski definition) is 1. The molecule has 78 valence electrons. The van der Waals surface area contributed by atoms with Crippen LogP contribution in [0.3, 0.4) is 0 Å². The second-order valence-corrected chi connectivity index (χ2v) is 2.72. The zero-order chi connectivity index (χ0) is 11.1. The minimum atomic E-state index is -0.620. The van der Waals surface area contributed by atoms with Crippen LogP contribution in [-0.2, 0) is 4.79 Å². The Hall–Kier alpha value is -1.97. The smallest absolute Gasteiger partial charge is 0.249 e. The van der Waals surface area contributed by atoms with Crippen LogP contribution in [0, 0.1) is 5.95 Å². The molecule has 1 N–H and O–H groups in total. The molecule has 1 amide bonds. The first-order valence-corrected chi connectivity index (χ1v) is 4.45. The quantitative estimate of drug-likeness (QED) is 0.468. The minimum absolute atomic E-state index is 0.199. The maximum Gasteiger partial charge on any atom is 0.249 e. The Bertz CT molecular complexity index is 399. The molecule has 0 aliphatic heterocycles. The van der Waals surface area contributed by atoms with Gasteiger partial charge in [-0.05, 0) is 19.1 Å². The molecule has 3 nitrogen and oxygen atoms in total. The van der Waals surface area contributed by atoms with E-state index in [1.807, 2.05) is 6.92 Å². The standard InChI is InChI=1S/C11H11FN2O/c1-2-3-4-8-11(15)14-10-7-5-6-9(12)13-10/h2-8H,1H3,(H,13,14,15)/b3-2+,8-4+. The van der Waals surface area contributed by atoms with Crippen molar-refractivity contribution in [3.05, 3.63) is 48.5 Å². The van der Waals surface area contributed by atoms with Crippen molar-refractivity contribution in [2.75, 3.05) is 5.32 Å². The second-order valence-electron chi connectivity index (χ2n) is 2.72. The largest absolute Gasteiger partial charge is 0.307 e. The van der Waals surface area contributed by atoms with Crippen LogP contribution in [0.5, 0.6) is 0 Å². The Morgan fingerprint density at radius 1 is 1.47 bits per heavy atom. The summed E-state index contributed by atoms with van der Waals surface area (Å²) >= 11 is 0. The van der Waals surface area contributed by atoms with Crippen LogP contribution < -0.4 is 5.32 Å². The van der Waals surface area contributed by atoms with E-state index in [9.17, 15) is 9.18 Å². The Labute approximate surface area is 87.3 Å². The minimum Gasteiger partial charge on any atom is -0.307 e. The van der Waals surface area contributed by atoms with Crippen LogP contribution >= 0.6 is 0 Å². The number of carbonyl (C=O) groups excluding carboxylic acids is 1. The van der Waals surface area contributed by atoms with E-state index in [1.165, 1.54) is 24.3 Å². The fourth-order valence-corrected chi connectivity index (χ4v) is 0.900. The van der Waals surface area contributed by atoms with E-state index in [-0.39, 0.29) is 11.7 Å². The summed E-state index contributed by atoms with van der Waals surface area (Å²) in [5, 5.41) is 2.43.